The molecule has 1 aromatic carbocycles. The summed E-state index contributed by atoms with van der Waals surface area (Å²) in [4.78, 5) is 37.8. The Morgan fingerprint density at radius 1 is 1.09 bits per heavy atom. The van der Waals surface area contributed by atoms with Gasteiger partial charge in [0, 0.05) is 54.2 Å². The minimum Gasteiger partial charge on any atom is -0.493 e. The van der Waals surface area contributed by atoms with E-state index in [1.165, 1.54) is 23.0 Å². The number of carbonyl (C=O) groups is 2. The van der Waals surface area contributed by atoms with Crippen LogP contribution in [0.4, 0.5) is 28.3 Å². The highest BCUT2D eigenvalue weighted by atomic mass is 19.4. The average Bonchev–Trinajstić information content (AvgIpc) is 3.65. The largest absolute Gasteiger partial charge is 0.493 e. The standard InChI is InChI=1S/C31H29F4N7O4/c1-5-9-36-27(43)25-26-21(19-13-37-24(31(33,34)35)11-17(19)12-40-29(44)46-30(2,3)4)15-39-28(42(26)16-41-25)38-14-20-18-8-10-45-23(18)7-6-22(20)32/h1,6-7,11,13,15-16H,8-10,12,14H2,2-4H3,(H,36,43)(H,38,39)(H,40,44). The number of terminal acetylenes is 1. The highest BCUT2D eigenvalue weighted by Crippen LogP contribution is 2.35. The van der Waals surface area contributed by atoms with E-state index in [1.54, 1.807) is 26.8 Å². The van der Waals surface area contributed by atoms with Crippen molar-refractivity contribution in [2.75, 3.05) is 18.5 Å². The molecule has 46 heavy (non-hydrogen) atoms. The lowest BCUT2D eigenvalue weighted by atomic mass is 10.0. The van der Waals surface area contributed by atoms with Crippen LogP contribution in [-0.4, -0.2) is 50.1 Å². The number of halogens is 4. The van der Waals surface area contributed by atoms with Crippen molar-refractivity contribution < 1.29 is 36.6 Å². The maximum atomic E-state index is 14.8. The molecule has 15 heteroatoms. The van der Waals surface area contributed by atoms with Crippen molar-refractivity contribution >= 4 is 23.5 Å². The van der Waals surface area contributed by atoms with Gasteiger partial charge in [0.2, 0.25) is 5.95 Å². The van der Waals surface area contributed by atoms with Crippen LogP contribution in [0.1, 0.15) is 53.6 Å². The van der Waals surface area contributed by atoms with Crippen molar-refractivity contribution in [3.8, 4) is 29.2 Å². The van der Waals surface area contributed by atoms with Crippen LogP contribution >= 0.6 is 0 Å². The monoisotopic (exact) mass is 639 g/mol. The fourth-order valence-electron chi connectivity index (χ4n) is 4.92. The van der Waals surface area contributed by atoms with E-state index in [-0.39, 0.29) is 53.5 Å². The molecule has 0 unspecified atom stereocenters. The zero-order chi connectivity index (χ0) is 33.2. The highest BCUT2D eigenvalue weighted by molar-refractivity contribution is 6.03. The number of hydrogen-bond acceptors (Lipinski definition) is 8. The Hall–Kier alpha value is -5.39. The van der Waals surface area contributed by atoms with E-state index in [0.29, 0.717) is 24.3 Å². The van der Waals surface area contributed by atoms with Crippen molar-refractivity contribution in [2.45, 2.75) is 52.1 Å². The van der Waals surface area contributed by atoms with Gasteiger partial charge < -0.3 is 25.4 Å². The van der Waals surface area contributed by atoms with Gasteiger partial charge >= 0.3 is 12.3 Å². The smallest absolute Gasteiger partial charge is 0.433 e. The number of nitrogens with one attached hydrogen (secondary N) is 3. The molecule has 0 bridgehead atoms. The summed E-state index contributed by atoms with van der Waals surface area (Å²) in [6, 6.07) is 3.67. The molecular weight excluding hydrogens is 610 g/mol. The van der Waals surface area contributed by atoms with Gasteiger partial charge in [0.05, 0.1) is 18.7 Å². The molecule has 2 amide bonds. The minimum atomic E-state index is -4.78. The van der Waals surface area contributed by atoms with E-state index in [1.807, 2.05) is 0 Å². The molecule has 4 aromatic rings. The van der Waals surface area contributed by atoms with Crippen LogP contribution in [0, 0.1) is 18.2 Å². The number of hydrogen-bond donors (Lipinski definition) is 3. The summed E-state index contributed by atoms with van der Waals surface area (Å²) < 4.78 is 68.1. The number of alkyl halides is 3. The molecule has 5 rings (SSSR count). The predicted octanol–water partition coefficient (Wildman–Crippen LogP) is 4.88. The lowest BCUT2D eigenvalue weighted by Crippen LogP contribution is -2.32. The first-order valence-electron chi connectivity index (χ1n) is 14.0. The molecule has 0 spiro atoms. The number of pyridine rings is 1. The van der Waals surface area contributed by atoms with Gasteiger partial charge in [0.25, 0.3) is 5.91 Å². The van der Waals surface area contributed by atoms with Gasteiger partial charge in [-0.2, -0.15) is 13.2 Å². The number of anilines is 1. The Morgan fingerprint density at radius 2 is 1.85 bits per heavy atom. The number of rotatable bonds is 8. The SMILES string of the molecule is C#CCNC(=O)c1ncn2c(NCc3c(F)ccc4c3CCO4)ncc(-c3cnc(C(F)(F)F)cc3CNC(=O)OC(C)(C)C)c12. The molecular formula is C31H29F4N7O4. The number of imidazole rings is 1. The van der Waals surface area contributed by atoms with E-state index in [4.69, 9.17) is 15.9 Å². The number of alkyl carbamates (subject to hydrolysis) is 1. The fourth-order valence-corrected chi connectivity index (χ4v) is 4.92. The van der Waals surface area contributed by atoms with Crippen molar-refractivity contribution in [1.29, 1.82) is 0 Å². The first kappa shape index (κ1) is 32.0. The molecule has 3 N–H and O–H groups in total. The van der Waals surface area contributed by atoms with Gasteiger partial charge in [-0.15, -0.1) is 6.42 Å². The Balaban J connectivity index is 1.60. The molecule has 1 aliphatic rings. The zero-order valence-electron chi connectivity index (χ0n) is 25.0. The van der Waals surface area contributed by atoms with Gasteiger partial charge in [-0.25, -0.2) is 19.2 Å². The third kappa shape index (κ3) is 6.80. The molecule has 0 saturated carbocycles. The second kappa shape index (κ2) is 12.5. The van der Waals surface area contributed by atoms with Gasteiger partial charge in [-0.3, -0.25) is 14.2 Å². The number of aromatic nitrogens is 4. The van der Waals surface area contributed by atoms with Crippen LogP contribution in [-0.2, 0) is 30.4 Å². The third-order valence-electron chi connectivity index (χ3n) is 6.89. The number of amides is 2. The van der Waals surface area contributed by atoms with E-state index < -0.39 is 35.3 Å². The summed E-state index contributed by atoms with van der Waals surface area (Å²) in [5, 5.41) is 8.07. The average molecular weight is 640 g/mol. The summed E-state index contributed by atoms with van der Waals surface area (Å²) in [5.41, 5.74) is -0.593. The minimum absolute atomic E-state index is 0.00348. The number of benzene rings is 1. The van der Waals surface area contributed by atoms with E-state index in [0.717, 1.165) is 17.8 Å². The second-order valence-corrected chi connectivity index (χ2v) is 11.2. The number of carbonyl (C=O) groups excluding carboxylic acids is 2. The number of nitrogens with zero attached hydrogens (tertiary/aromatic N) is 4. The Bertz CT molecular complexity index is 1860. The topological polar surface area (TPSA) is 132 Å². The van der Waals surface area contributed by atoms with Crippen LogP contribution in [0.15, 0.2) is 36.9 Å². The first-order chi connectivity index (χ1) is 21.8. The van der Waals surface area contributed by atoms with Crippen molar-refractivity contribution in [1.82, 2.24) is 30.0 Å². The molecule has 0 atom stereocenters. The number of ether oxygens (including phenoxy) is 2. The summed E-state index contributed by atoms with van der Waals surface area (Å²) in [6.45, 7) is 4.86. The molecule has 4 heterocycles. The van der Waals surface area contributed by atoms with Crippen LogP contribution in [0.25, 0.3) is 16.6 Å². The molecule has 240 valence electrons. The van der Waals surface area contributed by atoms with Gasteiger partial charge in [0.15, 0.2) is 5.69 Å². The lowest BCUT2D eigenvalue weighted by molar-refractivity contribution is -0.141. The van der Waals surface area contributed by atoms with Crippen molar-refractivity contribution in [3.05, 3.63) is 70.8 Å². The van der Waals surface area contributed by atoms with Crippen molar-refractivity contribution in [3.63, 3.8) is 0 Å². The predicted molar refractivity (Wildman–Crippen MR) is 158 cm³/mol. The summed E-state index contributed by atoms with van der Waals surface area (Å²) in [5.74, 6) is 1.95. The normalized spacial score (nSPS) is 12.7. The fraction of sp³-hybridized carbons (Fsp3) is 0.323. The lowest BCUT2D eigenvalue weighted by Gasteiger charge is -2.20. The van der Waals surface area contributed by atoms with Crippen molar-refractivity contribution in [2.24, 2.45) is 0 Å². The third-order valence-corrected chi connectivity index (χ3v) is 6.89. The number of fused-ring (bicyclic) bond motifs is 2. The molecule has 0 aliphatic carbocycles. The quantitative estimate of drug-likeness (QED) is 0.184. The van der Waals surface area contributed by atoms with Crippen LogP contribution in [0.5, 0.6) is 5.75 Å². The van der Waals surface area contributed by atoms with E-state index >= 15 is 0 Å². The Morgan fingerprint density at radius 3 is 2.57 bits per heavy atom. The Kier molecular flexibility index (Phi) is 8.73. The highest BCUT2D eigenvalue weighted by Gasteiger charge is 2.34. The van der Waals surface area contributed by atoms with E-state index in [9.17, 15) is 27.2 Å². The maximum absolute atomic E-state index is 14.8. The van der Waals surface area contributed by atoms with Gasteiger partial charge in [-0.1, -0.05) is 5.92 Å². The second-order valence-electron chi connectivity index (χ2n) is 11.2. The summed E-state index contributed by atoms with van der Waals surface area (Å²) >= 11 is 0. The zero-order valence-corrected chi connectivity index (χ0v) is 25.0. The molecule has 1 aliphatic heterocycles. The van der Waals surface area contributed by atoms with E-state index in [2.05, 4.69) is 36.8 Å². The van der Waals surface area contributed by atoms with Gasteiger partial charge in [-0.05, 0) is 44.5 Å². The molecule has 0 fully saturated rings. The molecule has 11 nitrogen and oxygen atoms in total. The Labute approximate surface area is 260 Å². The maximum Gasteiger partial charge on any atom is 0.433 e. The summed E-state index contributed by atoms with van der Waals surface area (Å²) in [7, 11) is 0. The van der Waals surface area contributed by atoms with Crippen LogP contribution in [0.2, 0.25) is 0 Å². The van der Waals surface area contributed by atoms with Gasteiger partial charge in [0.1, 0.15) is 29.2 Å². The molecule has 0 saturated heterocycles. The summed E-state index contributed by atoms with van der Waals surface area (Å²) in [6.07, 6.45) is 3.80. The molecule has 0 radical (unpaired) electrons. The van der Waals surface area contributed by atoms with Crippen LogP contribution in [0.3, 0.4) is 0 Å². The first-order valence-corrected chi connectivity index (χ1v) is 14.0. The van der Waals surface area contributed by atoms with Crippen LogP contribution < -0.4 is 20.7 Å². The molecule has 3 aromatic heterocycles.